The molecule has 8 heteroatoms. The molecule has 0 bridgehead atoms. The van der Waals surface area contributed by atoms with Gasteiger partial charge in [-0.15, -0.1) is 0 Å². The van der Waals surface area contributed by atoms with Gasteiger partial charge in [0.15, 0.2) is 0 Å². The molecule has 0 unspecified atom stereocenters. The zero-order chi connectivity index (χ0) is 17.1. The molecule has 0 aliphatic heterocycles. The summed E-state index contributed by atoms with van der Waals surface area (Å²) < 4.78 is 15.0. The van der Waals surface area contributed by atoms with Crippen LogP contribution in [0.15, 0.2) is 30.9 Å². The molecule has 2 rings (SSSR count). The van der Waals surface area contributed by atoms with Gasteiger partial charge in [0.1, 0.15) is 11.0 Å². The minimum atomic E-state index is -0.631. The average Bonchev–Trinajstić information content (AvgIpc) is 2.75. The molecule has 0 aliphatic carbocycles. The quantitative estimate of drug-likeness (QED) is 0.843. The molecule has 6 nitrogen and oxygen atoms in total. The number of nitrogens with zero attached hydrogens (tertiary/aromatic N) is 2. The number of nitrogens with one attached hydrogen (secondary N) is 2. The zero-order valence-electron chi connectivity index (χ0n) is 12.5. The van der Waals surface area contributed by atoms with Crippen LogP contribution in [0.1, 0.15) is 16.1 Å². The van der Waals surface area contributed by atoms with Crippen molar-refractivity contribution in [3.05, 3.63) is 53.1 Å². The van der Waals surface area contributed by atoms with Crippen molar-refractivity contribution in [1.82, 2.24) is 9.78 Å². The van der Waals surface area contributed by atoms with Gasteiger partial charge >= 0.3 is 0 Å². The second kappa shape index (κ2) is 6.62. The molecule has 0 fully saturated rings. The molecule has 1 aromatic heterocycles. The average molecular weight is 337 g/mol. The normalized spacial score (nSPS) is 10.3. The highest BCUT2D eigenvalue weighted by molar-refractivity contribution is 6.33. The Morgan fingerprint density at radius 2 is 2.09 bits per heavy atom. The van der Waals surface area contributed by atoms with Crippen LogP contribution < -0.4 is 10.6 Å². The topological polar surface area (TPSA) is 76.0 Å². The van der Waals surface area contributed by atoms with Crippen LogP contribution in [0.2, 0.25) is 5.15 Å². The third-order valence-electron chi connectivity index (χ3n) is 3.05. The van der Waals surface area contributed by atoms with E-state index in [1.54, 1.807) is 14.0 Å². The Balaban J connectivity index is 2.26. The summed E-state index contributed by atoms with van der Waals surface area (Å²) in [5.41, 5.74) is 0.934. The van der Waals surface area contributed by atoms with E-state index in [2.05, 4.69) is 22.3 Å². The predicted molar refractivity (Wildman–Crippen MR) is 86.1 cm³/mol. The number of hydrogen-bond acceptors (Lipinski definition) is 3. The standard InChI is InChI=1S/C15H14ClFN4O2/c1-4-12(22)19-11-7-9(5-6-10(11)17)18-15(23)13-8(2)20-21(3)14(13)16/h4-7H,1H2,2-3H3,(H,18,23)(H,19,22). The van der Waals surface area contributed by atoms with Crippen LogP contribution in [0.3, 0.4) is 0 Å². The fourth-order valence-corrected chi connectivity index (χ4v) is 2.22. The smallest absolute Gasteiger partial charge is 0.260 e. The first-order valence-electron chi connectivity index (χ1n) is 6.57. The second-order valence-corrected chi connectivity index (χ2v) is 5.07. The van der Waals surface area contributed by atoms with Gasteiger partial charge in [-0.2, -0.15) is 5.10 Å². The van der Waals surface area contributed by atoms with Crippen molar-refractivity contribution >= 4 is 34.8 Å². The van der Waals surface area contributed by atoms with Crippen molar-refractivity contribution in [3.8, 4) is 0 Å². The summed E-state index contributed by atoms with van der Waals surface area (Å²) in [6.45, 7) is 4.94. The summed E-state index contributed by atoms with van der Waals surface area (Å²) in [5.74, 6) is -1.67. The zero-order valence-corrected chi connectivity index (χ0v) is 13.2. The number of carbonyl (C=O) groups excluding carboxylic acids is 2. The lowest BCUT2D eigenvalue weighted by atomic mass is 10.2. The van der Waals surface area contributed by atoms with Crippen LogP contribution in [0.25, 0.3) is 0 Å². The Kier molecular flexibility index (Phi) is 4.80. The molecule has 2 aromatic rings. The van der Waals surface area contributed by atoms with Crippen LogP contribution in [0.5, 0.6) is 0 Å². The van der Waals surface area contributed by atoms with Gasteiger partial charge in [-0.3, -0.25) is 14.3 Å². The van der Waals surface area contributed by atoms with Crippen LogP contribution in [-0.2, 0) is 11.8 Å². The first-order chi connectivity index (χ1) is 10.8. The molecule has 120 valence electrons. The molecule has 0 saturated heterocycles. The maximum absolute atomic E-state index is 13.7. The third-order valence-corrected chi connectivity index (χ3v) is 3.48. The first kappa shape index (κ1) is 16.7. The van der Waals surface area contributed by atoms with Gasteiger partial charge in [-0.25, -0.2) is 4.39 Å². The summed E-state index contributed by atoms with van der Waals surface area (Å²) in [4.78, 5) is 23.6. The number of rotatable bonds is 4. The monoisotopic (exact) mass is 336 g/mol. The lowest BCUT2D eigenvalue weighted by Crippen LogP contribution is -2.14. The SMILES string of the molecule is C=CC(=O)Nc1cc(NC(=O)c2c(C)nn(C)c2Cl)ccc1F. The summed E-state index contributed by atoms with van der Waals surface area (Å²) in [6.07, 6.45) is 1.02. The molecule has 2 amide bonds. The maximum atomic E-state index is 13.7. The molecule has 1 aromatic carbocycles. The van der Waals surface area contributed by atoms with E-state index in [-0.39, 0.29) is 16.4 Å². The van der Waals surface area contributed by atoms with Gasteiger partial charge in [0.25, 0.3) is 5.91 Å². The van der Waals surface area contributed by atoms with E-state index in [0.29, 0.717) is 11.4 Å². The van der Waals surface area contributed by atoms with E-state index < -0.39 is 17.6 Å². The molecular formula is C15H14ClFN4O2. The van der Waals surface area contributed by atoms with E-state index in [1.807, 2.05) is 0 Å². The third kappa shape index (κ3) is 3.57. The van der Waals surface area contributed by atoms with Gasteiger partial charge in [0, 0.05) is 12.7 Å². The fourth-order valence-electron chi connectivity index (χ4n) is 1.96. The number of anilines is 2. The van der Waals surface area contributed by atoms with E-state index >= 15 is 0 Å². The predicted octanol–water partition coefficient (Wildman–Crippen LogP) is 2.90. The molecule has 0 atom stereocenters. The number of amides is 2. The van der Waals surface area contributed by atoms with Crippen LogP contribution >= 0.6 is 11.6 Å². The number of hydrogen-bond donors (Lipinski definition) is 2. The minimum absolute atomic E-state index is 0.0679. The van der Waals surface area contributed by atoms with Crippen LogP contribution in [-0.4, -0.2) is 21.6 Å². The van der Waals surface area contributed by atoms with Crippen molar-refractivity contribution in [2.75, 3.05) is 10.6 Å². The molecule has 1 heterocycles. The lowest BCUT2D eigenvalue weighted by molar-refractivity contribution is -0.111. The lowest BCUT2D eigenvalue weighted by Gasteiger charge is -2.09. The van der Waals surface area contributed by atoms with Gasteiger partial charge in [-0.1, -0.05) is 18.2 Å². The van der Waals surface area contributed by atoms with Gasteiger partial charge < -0.3 is 10.6 Å². The Morgan fingerprint density at radius 3 is 2.65 bits per heavy atom. The van der Waals surface area contributed by atoms with Gasteiger partial charge in [0.05, 0.1) is 16.9 Å². The number of carbonyl (C=O) groups is 2. The number of aromatic nitrogens is 2. The second-order valence-electron chi connectivity index (χ2n) is 4.72. The van der Waals surface area contributed by atoms with E-state index in [9.17, 15) is 14.0 Å². The maximum Gasteiger partial charge on any atom is 0.260 e. The van der Waals surface area contributed by atoms with Crippen molar-refractivity contribution < 1.29 is 14.0 Å². The number of aryl methyl sites for hydroxylation is 2. The molecule has 0 saturated carbocycles. The van der Waals surface area contributed by atoms with E-state index in [0.717, 1.165) is 12.1 Å². The first-order valence-corrected chi connectivity index (χ1v) is 6.94. The molecule has 23 heavy (non-hydrogen) atoms. The highest BCUT2D eigenvalue weighted by atomic mass is 35.5. The summed E-state index contributed by atoms with van der Waals surface area (Å²) in [6, 6.07) is 3.80. The fraction of sp³-hybridized carbons (Fsp3) is 0.133. The molecule has 0 spiro atoms. The van der Waals surface area contributed by atoms with Gasteiger partial charge in [0.2, 0.25) is 5.91 Å². The largest absolute Gasteiger partial charge is 0.322 e. The molecular weight excluding hydrogens is 323 g/mol. The van der Waals surface area contributed by atoms with Crippen molar-refractivity contribution in [2.45, 2.75) is 6.92 Å². The van der Waals surface area contributed by atoms with Crippen molar-refractivity contribution in [1.29, 1.82) is 0 Å². The number of halogens is 2. The number of benzene rings is 1. The van der Waals surface area contributed by atoms with Gasteiger partial charge in [-0.05, 0) is 31.2 Å². The Labute approximate surface area is 136 Å². The molecule has 2 N–H and O–H groups in total. The van der Waals surface area contributed by atoms with Crippen molar-refractivity contribution in [2.24, 2.45) is 7.05 Å². The summed E-state index contributed by atoms with van der Waals surface area (Å²) in [5, 5.41) is 9.15. The van der Waals surface area contributed by atoms with E-state index in [1.165, 1.54) is 16.8 Å². The Hall–Kier alpha value is -2.67. The molecule has 0 radical (unpaired) electrons. The summed E-state index contributed by atoms with van der Waals surface area (Å²) >= 11 is 6.03. The van der Waals surface area contributed by atoms with Crippen LogP contribution in [0.4, 0.5) is 15.8 Å². The van der Waals surface area contributed by atoms with Crippen molar-refractivity contribution in [3.63, 3.8) is 0 Å². The Morgan fingerprint density at radius 1 is 1.39 bits per heavy atom. The minimum Gasteiger partial charge on any atom is -0.322 e. The van der Waals surface area contributed by atoms with E-state index in [4.69, 9.17) is 11.6 Å². The van der Waals surface area contributed by atoms with Crippen LogP contribution in [0, 0.1) is 12.7 Å². The summed E-state index contributed by atoms with van der Waals surface area (Å²) in [7, 11) is 1.62. The molecule has 0 aliphatic rings. The highest BCUT2D eigenvalue weighted by Crippen LogP contribution is 2.23. The highest BCUT2D eigenvalue weighted by Gasteiger charge is 2.19. The Bertz CT molecular complexity index is 801.